The van der Waals surface area contributed by atoms with Gasteiger partial charge in [-0.1, -0.05) is 36.4 Å². The highest BCUT2D eigenvalue weighted by molar-refractivity contribution is 5.91. The second kappa shape index (κ2) is 9.65. The molecule has 178 valence electrons. The number of benzene rings is 2. The fourth-order valence-corrected chi connectivity index (χ4v) is 5.76. The highest BCUT2D eigenvalue weighted by atomic mass is 16.5. The van der Waals surface area contributed by atoms with Gasteiger partial charge in [0, 0.05) is 18.6 Å². The van der Waals surface area contributed by atoms with E-state index in [0.29, 0.717) is 12.4 Å². The smallest absolute Gasteiger partial charge is 0.287 e. The summed E-state index contributed by atoms with van der Waals surface area (Å²) in [6.07, 6.45) is 3.36. The highest BCUT2D eigenvalue weighted by Gasteiger charge is 2.54. The van der Waals surface area contributed by atoms with E-state index in [2.05, 4.69) is 40.5 Å². The minimum atomic E-state index is -0.210. The van der Waals surface area contributed by atoms with Crippen molar-refractivity contribution in [2.75, 3.05) is 26.8 Å². The zero-order chi connectivity index (χ0) is 23.5. The van der Waals surface area contributed by atoms with Gasteiger partial charge in [-0.15, -0.1) is 0 Å². The van der Waals surface area contributed by atoms with Crippen molar-refractivity contribution in [1.29, 1.82) is 0 Å². The molecule has 2 heterocycles. The number of fused-ring (bicyclic) bond motifs is 2. The van der Waals surface area contributed by atoms with Gasteiger partial charge in [0.25, 0.3) is 5.91 Å². The Morgan fingerprint density at radius 3 is 2.68 bits per heavy atom. The second-order valence-electron chi connectivity index (χ2n) is 9.18. The molecule has 0 saturated carbocycles. The molecule has 2 atom stereocenters. The number of hydrogen-bond acceptors (Lipinski definition) is 5. The van der Waals surface area contributed by atoms with Crippen molar-refractivity contribution in [3.05, 3.63) is 89.4 Å². The largest absolute Gasteiger partial charge is 0.497 e. The van der Waals surface area contributed by atoms with E-state index < -0.39 is 0 Å². The Morgan fingerprint density at radius 2 is 1.94 bits per heavy atom. The molecule has 34 heavy (non-hydrogen) atoms. The van der Waals surface area contributed by atoms with E-state index in [-0.39, 0.29) is 23.5 Å². The molecule has 1 aliphatic carbocycles. The van der Waals surface area contributed by atoms with Crippen LogP contribution >= 0.6 is 0 Å². The summed E-state index contributed by atoms with van der Waals surface area (Å²) in [4.78, 5) is 15.4. The number of ether oxygens (including phenoxy) is 2. The van der Waals surface area contributed by atoms with Crippen molar-refractivity contribution < 1.29 is 18.7 Å². The summed E-state index contributed by atoms with van der Waals surface area (Å²) in [5.74, 6) is 1.01. The number of likely N-dealkylation sites (tertiary alicyclic amines) is 1. The Morgan fingerprint density at radius 1 is 1.12 bits per heavy atom. The molecule has 0 bridgehead atoms. The van der Waals surface area contributed by atoms with Crippen molar-refractivity contribution in [3.63, 3.8) is 0 Å². The molecular weight excluding hydrogens is 428 g/mol. The van der Waals surface area contributed by atoms with Crippen molar-refractivity contribution in [2.24, 2.45) is 0 Å². The molecule has 1 spiro atoms. The number of nitrogens with one attached hydrogen (secondary N) is 1. The molecule has 1 aliphatic heterocycles. The van der Waals surface area contributed by atoms with Crippen LogP contribution in [-0.4, -0.2) is 43.7 Å². The van der Waals surface area contributed by atoms with E-state index in [9.17, 15) is 4.79 Å². The maximum atomic E-state index is 12.9. The van der Waals surface area contributed by atoms with Crippen molar-refractivity contribution in [3.8, 4) is 5.75 Å². The molecule has 1 N–H and O–H groups in total. The van der Waals surface area contributed by atoms with Gasteiger partial charge in [0.1, 0.15) is 5.75 Å². The third kappa shape index (κ3) is 4.12. The maximum Gasteiger partial charge on any atom is 0.287 e. The van der Waals surface area contributed by atoms with Gasteiger partial charge in [0.2, 0.25) is 0 Å². The first-order valence-electron chi connectivity index (χ1n) is 12.1. The fraction of sp³-hybridized carbons (Fsp3) is 0.393. The van der Waals surface area contributed by atoms with E-state index >= 15 is 0 Å². The van der Waals surface area contributed by atoms with Crippen molar-refractivity contribution in [1.82, 2.24) is 10.2 Å². The zero-order valence-corrected chi connectivity index (χ0v) is 19.8. The predicted molar refractivity (Wildman–Crippen MR) is 130 cm³/mol. The quantitative estimate of drug-likeness (QED) is 0.553. The average Bonchev–Trinajstić information content (AvgIpc) is 3.49. The van der Waals surface area contributed by atoms with E-state index in [1.54, 1.807) is 19.2 Å². The first-order chi connectivity index (χ1) is 16.6. The van der Waals surface area contributed by atoms with E-state index in [1.807, 2.05) is 25.1 Å². The Kier molecular flexibility index (Phi) is 6.44. The normalized spacial score (nSPS) is 21.4. The van der Waals surface area contributed by atoms with Crippen LogP contribution in [0.4, 0.5) is 0 Å². The van der Waals surface area contributed by atoms with Crippen LogP contribution in [0.15, 0.2) is 71.3 Å². The molecular formula is C28H32N2O4. The first-order valence-corrected chi connectivity index (χ1v) is 12.1. The van der Waals surface area contributed by atoms with Gasteiger partial charge in [0.05, 0.1) is 25.5 Å². The van der Waals surface area contributed by atoms with E-state index in [0.717, 1.165) is 43.8 Å². The number of nitrogens with zero attached hydrogens (tertiary/aromatic N) is 1. The average molecular weight is 461 g/mol. The number of piperidine rings is 1. The van der Waals surface area contributed by atoms with E-state index in [1.165, 1.54) is 17.4 Å². The molecule has 2 aliphatic rings. The van der Waals surface area contributed by atoms with Gasteiger partial charge in [-0.05, 0) is 73.8 Å². The lowest BCUT2D eigenvalue weighted by Crippen LogP contribution is -2.50. The number of furan rings is 1. The molecule has 3 aromatic rings. The van der Waals surface area contributed by atoms with Gasteiger partial charge in [-0.2, -0.15) is 0 Å². The van der Waals surface area contributed by atoms with Crippen LogP contribution in [0.25, 0.3) is 0 Å². The number of hydrogen-bond donors (Lipinski definition) is 1. The fourth-order valence-electron chi connectivity index (χ4n) is 5.76. The summed E-state index contributed by atoms with van der Waals surface area (Å²) in [6, 6.07) is 20.0. The number of amides is 1. The maximum absolute atomic E-state index is 12.9. The van der Waals surface area contributed by atoms with Crippen LogP contribution < -0.4 is 10.1 Å². The predicted octanol–water partition coefficient (Wildman–Crippen LogP) is 4.71. The molecule has 1 fully saturated rings. The Balaban J connectivity index is 1.38. The lowest BCUT2D eigenvalue weighted by Gasteiger charge is -2.44. The molecule has 5 rings (SSSR count). The molecule has 6 nitrogen and oxygen atoms in total. The summed E-state index contributed by atoms with van der Waals surface area (Å²) in [5, 5.41) is 3.22. The van der Waals surface area contributed by atoms with E-state index in [4.69, 9.17) is 13.9 Å². The zero-order valence-electron chi connectivity index (χ0n) is 19.8. The minimum Gasteiger partial charge on any atom is -0.497 e. The monoisotopic (exact) mass is 460 g/mol. The lowest BCUT2D eigenvalue weighted by molar-refractivity contribution is -0.0336. The summed E-state index contributed by atoms with van der Waals surface area (Å²) in [5.41, 5.74) is 3.59. The third-order valence-corrected chi connectivity index (χ3v) is 7.35. The lowest BCUT2D eigenvalue weighted by atomic mass is 9.71. The van der Waals surface area contributed by atoms with Crippen molar-refractivity contribution >= 4 is 5.91 Å². The Bertz CT molecular complexity index is 1120. The van der Waals surface area contributed by atoms with Crippen LogP contribution in [0.2, 0.25) is 0 Å². The molecule has 6 heteroatoms. The molecule has 2 aromatic carbocycles. The molecule has 1 aromatic heterocycles. The van der Waals surface area contributed by atoms with Crippen LogP contribution in [0, 0.1) is 0 Å². The van der Waals surface area contributed by atoms with Crippen LogP contribution in [-0.2, 0) is 16.7 Å². The highest BCUT2D eigenvalue weighted by Crippen LogP contribution is 2.52. The molecule has 0 unspecified atom stereocenters. The number of carbonyl (C=O) groups is 1. The molecule has 0 radical (unpaired) electrons. The van der Waals surface area contributed by atoms with Gasteiger partial charge in [-0.3, -0.25) is 9.69 Å². The van der Waals surface area contributed by atoms with Crippen LogP contribution in [0.3, 0.4) is 0 Å². The van der Waals surface area contributed by atoms with Gasteiger partial charge >= 0.3 is 0 Å². The topological polar surface area (TPSA) is 63.9 Å². The molecule has 1 saturated heterocycles. The Labute approximate surface area is 200 Å². The second-order valence-corrected chi connectivity index (χ2v) is 9.18. The van der Waals surface area contributed by atoms with Crippen molar-refractivity contribution in [2.45, 2.75) is 43.9 Å². The van der Waals surface area contributed by atoms with Gasteiger partial charge in [-0.25, -0.2) is 0 Å². The first kappa shape index (κ1) is 22.7. The summed E-state index contributed by atoms with van der Waals surface area (Å²) in [6.45, 7) is 5.45. The van der Waals surface area contributed by atoms with Crippen LogP contribution in [0.5, 0.6) is 5.75 Å². The summed E-state index contributed by atoms with van der Waals surface area (Å²) >= 11 is 0. The van der Waals surface area contributed by atoms with Gasteiger partial charge in [0.15, 0.2) is 5.76 Å². The molecule has 1 amide bonds. The Hall–Kier alpha value is -3.09. The number of methoxy groups -OCH3 is 1. The van der Waals surface area contributed by atoms with Gasteiger partial charge < -0.3 is 19.2 Å². The standard InChI is InChI=1S/C28H32N2O4/c1-3-33-26-25(29-27(31)24-12-7-17-34-24)22-10-4-5-11-23(22)28(26)13-15-30(16-14-28)19-20-8-6-9-21(18-20)32-2/h4-12,17-18,25-26H,3,13-16,19H2,1-2H3,(H,29,31)/t25-,26+/m1/s1. The third-order valence-electron chi connectivity index (χ3n) is 7.35. The number of rotatable bonds is 7. The SMILES string of the molecule is CCO[C@H]1[C@H](NC(=O)c2ccco2)c2ccccc2C12CCN(Cc1cccc(OC)c1)CC2. The summed E-state index contributed by atoms with van der Waals surface area (Å²) in [7, 11) is 1.70. The minimum absolute atomic E-state index is 0.118. The van der Waals surface area contributed by atoms with Crippen LogP contribution in [0.1, 0.15) is 53.1 Å². The summed E-state index contributed by atoms with van der Waals surface area (Å²) < 4.78 is 17.2. The number of carbonyl (C=O) groups excluding carboxylic acids is 1.